The van der Waals surface area contributed by atoms with E-state index in [2.05, 4.69) is 5.10 Å². The van der Waals surface area contributed by atoms with Crippen LogP contribution in [0, 0.1) is 5.82 Å². The molecule has 7 nitrogen and oxygen atoms in total. The lowest BCUT2D eigenvalue weighted by molar-refractivity contribution is 0.382. The van der Waals surface area contributed by atoms with E-state index in [1.807, 2.05) is 6.07 Å². The van der Waals surface area contributed by atoms with E-state index in [1.165, 1.54) is 33.4 Å². The Morgan fingerprint density at radius 3 is 2.29 bits per heavy atom. The molecule has 3 aromatic rings. The maximum absolute atomic E-state index is 14.3. The van der Waals surface area contributed by atoms with Crippen molar-refractivity contribution in [1.82, 2.24) is 14.1 Å². The van der Waals surface area contributed by atoms with Crippen LogP contribution in [0.4, 0.5) is 10.1 Å². The summed E-state index contributed by atoms with van der Waals surface area (Å²) in [6.07, 6.45) is 1.48. The first-order valence-corrected chi connectivity index (χ1v) is 11.5. The number of rotatable bonds is 4. The molecule has 0 aliphatic carbocycles. The Labute approximate surface area is 188 Å². The first-order chi connectivity index (χ1) is 14.8. The fraction of sp³-hybridized carbons (Fsp3) is 0.200. The minimum Gasteiger partial charge on any atom is -0.366 e. The maximum atomic E-state index is 14.3. The van der Waals surface area contributed by atoms with Crippen LogP contribution in [0.3, 0.4) is 0 Å². The van der Waals surface area contributed by atoms with Gasteiger partial charge in [0.2, 0.25) is 10.0 Å². The lowest BCUT2D eigenvalue weighted by atomic mass is 10.3. The molecule has 1 saturated heterocycles. The average molecular weight is 483 g/mol. The van der Waals surface area contributed by atoms with Crippen molar-refractivity contribution in [3.8, 4) is 5.69 Å². The van der Waals surface area contributed by atoms with Crippen molar-refractivity contribution >= 4 is 38.9 Å². The van der Waals surface area contributed by atoms with Crippen LogP contribution in [-0.2, 0) is 10.0 Å². The van der Waals surface area contributed by atoms with Gasteiger partial charge in [-0.25, -0.2) is 12.8 Å². The lowest BCUT2D eigenvalue weighted by Crippen LogP contribution is -2.49. The van der Waals surface area contributed by atoms with Gasteiger partial charge < -0.3 is 4.90 Å². The molecule has 0 saturated carbocycles. The molecule has 162 valence electrons. The smallest absolute Gasteiger partial charge is 0.292 e. The summed E-state index contributed by atoms with van der Waals surface area (Å²) in [7, 11) is -4.05. The van der Waals surface area contributed by atoms with Gasteiger partial charge in [-0.15, -0.1) is 0 Å². The molecule has 0 unspecified atom stereocenters. The molecule has 1 fully saturated rings. The number of piperazine rings is 1. The fourth-order valence-corrected chi connectivity index (χ4v) is 5.38. The lowest BCUT2D eigenvalue weighted by Gasteiger charge is -2.35. The van der Waals surface area contributed by atoms with E-state index in [0.29, 0.717) is 11.4 Å². The summed E-state index contributed by atoms with van der Waals surface area (Å²) in [6, 6.07) is 12.7. The van der Waals surface area contributed by atoms with Gasteiger partial charge in [0, 0.05) is 26.2 Å². The predicted octanol–water partition coefficient (Wildman–Crippen LogP) is 3.19. The van der Waals surface area contributed by atoms with Crippen molar-refractivity contribution in [2.24, 2.45) is 0 Å². The Bertz CT molecular complexity index is 1280. The summed E-state index contributed by atoms with van der Waals surface area (Å²) < 4.78 is 42.3. The number of hydrogen-bond donors (Lipinski definition) is 0. The summed E-state index contributed by atoms with van der Waals surface area (Å²) in [5, 5.41) is 3.95. The highest BCUT2D eigenvalue weighted by Gasteiger charge is 2.32. The van der Waals surface area contributed by atoms with E-state index in [0.717, 1.165) is 0 Å². The molecule has 2 heterocycles. The summed E-state index contributed by atoms with van der Waals surface area (Å²) in [6.45, 7) is 0.702. The Kier molecular flexibility index (Phi) is 6.02. The van der Waals surface area contributed by atoms with E-state index in [4.69, 9.17) is 23.2 Å². The molecule has 0 spiro atoms. The third-order valence-electron chi connectivity index (χ3n) is 5.01. The molecule has 1 aromatic heterocycles. The molecule has 0 N–H and O–H groups in total. The van der Waals surface area contributed by atoms with Crippen LogP contribution in [0.5, 0.6) is 0 Å². The largest absolute Gasteiger partial charge is 0.366 e. The van der Waals surface area contributed by atoms with Crippen LogP contribution in [0.15, 0.2) is 64.4 Å². The van der Waals surface area contributed by atoms with E-state index >= 15 is 0 Å². The highest BCUT2D eigenvalue weighted by molar-refractivity contribution is 7.89. The number of aromatic nitrogens is 2. The maximum Gasteiger partial charge on any atom is 0.292 e. The number of sulfonamides is 1. The van der Waals surface area contributed by atoms with Crippen LogP contribution in [-0.4, -0.2) is 48.7 Å². The van der Waals surface area contributed by atoms with Gasteiger partial charge in [0.15, 0.2) is 5.82 Å². The van der Waals surface area contributed by atoms with Gasteiger partial charge in [0.1, 0.15) is 9.92 Å². The van der Waals surface area contributed by atoms with Crippen molar-refractivity contribution in [2.45, 2.75) is 4.90 Å². The van der Waals surface area contributed by atoms with E-state index in [1.54, 1.807) is 29.2 Å². The first-order valence-electron chi connectivity index (χ1n) is 9.33. The third-order valence-corrected chi connectivity index (χ3v) is 7.58. The molecule has 2 aromatic carbocycles. The monoisotopic (exact) mass is 482 g/mol. The Balaban J connectivity index is 1.55. The Morgan fingerprint density at radius 1 is 0.935 bits per heavy atom. The highest BCUT2D eigenvalue weighted by Crippen LogP contribution is 2.28. The number of anilines is 1. The topological polar surface area (TPSA) is 75.5 Å². The normalized spacial score (nSPS) is 15.3. The number of halogens is 3. The molecule has 31 heavy (non-hydrogen) atoms. The third kappa shape index (κ3) is 4.06. The van der Waals surface area contributed by atoms with Gasteiger partial charge >= 0.3 is 0 Å². The minimum absolute atomic E-state index is 0.00366. The molecule has 1 aliphatic heterocycles. The van der Waals surface area contributed by atoms with E-state index < -0.39 is 26.3 Å². The van der Waals surface area contributed by atoms with Gasteiger partial charge in [-0.3, -0.25) is 4.79 Å². The van der Waals surface area contributed by atoms with Crippen molar-refractivity contribution in [2.75, 3.05) is 31.1 Å². The van der Waals surface area contributed by atoms with E-state index in [-0.39, 0.29) is 36.2 Å². The van der Waals surface area contributed by atoms with Crippen molar-refractivity contribution < 1.29 is 12.8 Å². The van der Waals surface area contributed by atoms with Crippen molar-refractivity contribution in [1.29, 1.82) is 0 Å². The highest BCUT2D eigenvalue weighted by atomic mass is 35.5. The molecule has 1 aliphatic rings. The van der Waals surface area contributed by atoms with Crippen molar-refractivity contribution in [3.63, 3.8) is 0 Å². The van der Waals surface area contributed by atoms with Gasteiger partial charge in [0.05, 0.1) is 22.6 Å². The molecule has 0 atom stereocenters. The van der Waals surface area contributed by atoms with Gasteiger partial charge in [-0.05, 0) is 24.3 Å². The molecule has 0 amide bonds. The molecular weight excluding hydrogens is 466 g/mol. The van der Waals surface area contributed by atoms with Crippen LogP contribution in [0.2, 0.25) is 10.0 Å². The van der Waals surface area contributed by atoms with Crippen LogP contribution < -0.4 is 10.5 Å². The minimum atomic E-state index is -4.05. The van der Waals surface area contributed by atoms with Crippen LogP contribution in [0.25, 0.3) is 5.69 Å². The predicted molar refractivity (Wildman–Crippen MR) is 117 cm³/mol. The number of benzene rings is 2. The SMILES string of the molecule is O=c1c(Cl)c(N2CCN(S(=O)(=O)c3cccc(Cl)c3F)CC2)cnn1-c1ccccc1. The second kappa shape index (κ2) is 8.58. The molecule has 4 rings (SSSR count). The van der Waals surface area contributed by atoms with Crippen molar-refractivity contribution in [3.05, 3.63) is 80.9 Å². The molecule has 0 radical (unpaired) electrons. The zero-order chi connectivity index (χ0) is 22.2. The zero-order valence-corrected chi connectivity index (χ0v) is 18.4. The summed E-state index contributed by atoms with van der Waals surface area (Å²) in [4.78, 5) is 14.0. The standard InChI is InChI=1S/C20H17Cl2FN4O3S/c21-15-7-4-8-17(19(15)23)31(29,30)26-11-9-25(10-12-26)16-13-24-27(20(28)18(16)22)14-5-2-1-3-6-14/h1-8,13H,9-12H2. The molecule has 11 heteroatoms. The van der Waals surface area contributed by atoms with Crippen LogP contribution in [0.1, 0.15) is 0 Å². The summed E-state index contributed by atoms with van der Waals surface area (Å²) in [5.74, 6) is -0.969. The van der Waals surface area contributed by atoms with Crippen LogP contribution >= 0.6 is 23.2 Å². The van der Waals surface area contributed by atoms with Gasteiger partial charge in [-0.2, -0.15) is 14.1 Å². The van der Waals surface area contributed by atoms with Gasteiger partial charge in [-0.1, -0.05) is 47.5 Å². The van der Waals surface area contributed by atoms with E-state index in [9.17, 15) is 17.6 Å². The molecular formula is C20H17Cl2FN4O3S. The Morgan fingerprint density at radius 2 is 1.61 bits per heavy atom. The zero-order valence-electron chi connectivity index (χ0n) is 16.1. The molecule has 0 bridgehead atoms. The number of hydrogen-bond acceptors (Lipinski definition) is 5. The quantitative estimate of drug-likeness (QED) is 0.570. The average Bonchev–Trinajstić information content (AvgIpc) is 2.78. The summed E-state index contributed by atoms with van der Waals surface area (Å²) >= 11 is 12.1. The summed E-state index contributed by atoms with van der Waals surface area (Å²) in [5.41, 5.74) is 0.534. The second-order valence-electron chi connectivity index (χ2n) is 6.84. The fourth-order valence-electron chi connectivity index (χ4n) is 3.39. The van der Waals surface area contributed by atoms with Gasteiger partial charge in [0.25, 0.3) is 5.56 Å². The second-order valence-corrected chi connectivity index (χ2v) is 9.53. The first kappa shape index (κ1) is 21.8. The number of nitrogens with zero attached hydrogens (tertiary/aromatic N) is 4. The number of para-hydroxylation sites is 1. The Hall–Kier alpha value is -2.46.